The van der Waals surface area contributed by atoms with Crippen LogP contribution in [0.3, 0.4) is 0 Å². The highest BCUT2D eigenvalue weighted by Crippen LogP contribution is 2.17. The highest BCUT2D eigenvalue weighted by molar-refractivity contribution is 5.70. The quantitative estimate of drug-likeness (QED) is 0.0346. The van der Waals surface area contributed by atoms with Gasteiger partial charge in [0.2, 0.25) is 0 Å². The molecule has 378 valence electrons. The Bertz CT molecular complexity index is 974. The van der Waals surface area contributed by atoms with Gasteiger partial charge in [0.15, 0.2) is 6.10 Å². The Labute approximate surface area is 400 Å². The van der Waals surface area contributed by atoms with Crippen LogP contribution >= 0.6 is 0 Å². The van der Waals surface area contributed by atoms with E-state index < -0.39 is 6.10 Å². The molecule has 0 heterocycles. The molecule has 1 atom stereocenters. The zero-order chi connectivity index (χ0) is 46.3. The van der Waals surface area contributed by atoms with Gasteiger partial charge in [0.05, 0.1) is 6.61 Å². The maximum atomic E-state index is 12.8. The molecule has 0 aliphatic carbocycles. The topological polar surface area (TPSA) is 61.8 Å². The van der Waals surface area contributed by atoms with E-state index in [2.05, 4.69) is 45.1 Å². The summed E-state index contributed by atoms with van der Waals surface area (Å²) in [6.45, 7) is 7.83. The largest absolute Gasteiger partial charge is 0.462 e. The number of hydrogen-bond acceptors (Lipinski definition) is 5. The van der Waals surface area contributed by atoms with E-state index in [1.54, 1.807) is 0 Å². The summed E-state index contributed by atoms with van der Waals surface area (Å²) in [5.41, 5.74) is 0. The lowest BCUT2D eigenvalue weighted by Crippen LogP contribution is -2.30. The van der Waals surface area contributed by atoms with Crippen LogP contribution in [0.1, 0.15) is 316 Å². The number of unbranched alkanes of at least 4 members (excludes halogenated alkanes) is 39. The predicted molar refractivity (Wildman–Crippen MR) is 279 cm³/mol. The van der Waals surface area contributed by atoms with Crippen LogP contribution in [0.2, 0.25) is 0 Å². The predicted octanol–water partition coefficient (Wildman–Crippen LogP) is 19.6. The first-order valence-electron chi connectivity index (χ1n) is 28.9. The molecule has 0 saturated heterocycles. The third-order valence-corrected chi connectivity index (χ3v) is 13.0. The van der Waals surface area contributed by atoms with Crippen LogP contribution in [0.15, 0.2) is 24.3 Å². The molecular formula is C59H112O5. The Morgan fingerprint density at radius 1 is 0.344 bits per heavy atom. The molecule has 0 N–H and O–H groups in total. The summed E-state index contributed by atoms with van der Waals surface area (Å²) in [5.74, 6) is -0.390. The zero-order valence-electron chi connectivity index (χ0n) is 43.6. The lowest BCUT2D eigenvalue weighted by molar-refractivity contribution is -0.163. The average Bonchev–Trinajstić information content (AvgIpc) is 3.30. The number of hydrogen-bond donors (Lipinski definition) is 0. The van der Waals surface area contributed by atoms with Crippen molar-refractivity contribution in [2.24, 2.45) is 0 Å². The van der Waals surface area contributed by atoms with Gasteiger partial charge in [-0.05, 0) is 44.9 Å². The van der Waals surface area contributed by atoms with Gasteiger partial charge >= 0.3 is 11.9 Å². The number of carbonyl (C=O) groups excluding carboxylic acids is 2. The number of allylic oxidation sites excluding steroid dienone is 4. The van der Waals surface area contributed by atoms with Crippen molar-refractivity contribution < 1.29 is 23.8 Å². The number of ether oxygens (including phenoxy) is 3. The van der Waals surface area contributed by atoms with Crippen LogP contribution in [-0.4, -0.2) is 37.9 Å². The zero-order valence-corrected chi connectivity index (χ0v) is 43.6. The molecule has 0 aromatic heterocycles. The minimum atomic E-state index is -0.536. The second kappa shape index (κ2) is 55.7. The number of esters is 2. The van der Waals surface area contributed by atoms with E-state index in [9.17, 15) is 9.59 Å². The highest BCUT2D eigenvalue weighted by atomic mass is 16.6. The molecular weight excluding hydrogens is 789 g/mol. The van der Waals surface area contributed by atoms with Gasteiger partial charge in [0, 0.05) is 19.4 Å². The minimum Gasteiger partial charge on any atom is -0.462 e. The first kappa shape index (κ1) is 62.4. The van der Waals surface area contributed by atoms with Crippen molar-refractivity contribution in [2.45, 2.75) is 322 Å². The van der Waals surface area contributed by atoms with Gasteiger partial charge in [-0.15, -0.1) is 0 Å². The molecule has 0 aromatic rings. The van der Waals surface area contributed by atoms with Crippen LogP contribution in [0.25, 0.3) is 0 Å². The van der Waals surface area contributed by atoms with E-state index in [-0.39, 0.29) is 18.5 Å². The van der Waals surface area contributed by atoms with E-state index in [1.165, 1.54) is 231 Å². The second-order valence-electron chi connectivity index (χ2n) is 19.6. The smallest absolute Gasteiger partial charge is 0.306 e. The van der Waals surface area contributed by atoms with Gasteiger partial charge in [-0.1, -0.05) is 283 Å². The van der Waals surface area contributed by atoms with Crippen LogP contribution in [0.5, 0.6) is 0 Å². The molecule has 0 rings (SSSR count). The van der Waals surface area contributed by atoms with Crippen molar-refractivity contribution in [3.05, 3.63) is 24.3 Å². The fourth-order valence-corrected chi connectivity index (χ4v) is 8.67. The van der Waals surface area contributed by atoms with Crippen LogP contribution in [-0.2, 0) is 23.8 Å². The molecule has 0 radical (unpaired) electrons. The first-order chi connectivity index (χ1) is 31.6. The Hall–Kier alpha value is -1.62. The van der Waals surface area contributed by atoms with Gasteiger partial charge in [-0.2, -0.15) is 0 Å². The standard InChI is InChI=1S/C59H112O5/c1-4-7-10-13-16-19-22-25-27-29-30-31-32-35-37-40-43-46-49-52-58(60)63-56-57(64-59(61)53-50-47-44-41-38-34-24-21-18-15-12-9-6-3)55-62-54-51-48-45-42-39-36-33-28-26-23-20-17-14-11-8-5-2/h12,15,21,24,57H,4-11,13-14,16-20,22-23,25-56H2,1-3H3/b15-12-,24-21-. The Balaban J connectivity index is 4.18. The second-order valence-corrected chi connectivity index (χ2v) is 19.6. The van der Waals surface area contributed by atoms with E-state index in [4.69, 9.17) is 14.2 Å². The summed E-state index contributed by atoms with van der Waals surface area (Å²) in [4.78, 5) is 25.5. The molecule has 0 aliphatic heterocycles. The van der Waals surface area contributed by atoms with Gasteiger partial charge in [0.25, 0.3) is 0 Å². The summed E-state index contributed by atoms with van der Waals surface area (Å²) in [6.07, 6.45) is 66.3. The molecule has 5 nitrogen and oxygen atoms in total. The fourth-order valence-electron chi connectivity index (χ4n) is 8.67. The first-order valence-corrected chi connectivity index (χ1v) is 28.9. The van der Waals surface area contributed by atoms with Crippen LogP contribution < -0.4 is 0 Å². The molecule has 0 aliphatic rings. The van der Waals surface area contributed by atoms with Crippen molar-refractivity contribution in [1.82, 2.24) is 0 Å². The van der Waals surface area contributed by atoms with Gasteiger partial charge in [0.1, 0.15) is 6.61 Å². The minimum absolute atomic E-state index is 0.0879. The Morgan fingerprint density at radius 3 is 1.09 bits per heavy atom. The summed E-state index contributed by atoms with van der Waals surface area (Å²) in [6, 6.07) is 0. The van der Waals surface area contributed by atoms with Crippen molar-refractivity contribution in [3.8, 4) is 0 Å². The fraction of sp³-hybridized carbons (Fsp3) is 0.898. The Kier molecular flexibility index (Phi) is 54.3. The molecule has 5 heteroatoms. The van der Waals surface area contributed by atoms with Crippen LogP contribution in [0.4, 0.5) is 0 Å². The molecule has 0 amide bonds. The van der Waals surface area contributed by atoms with Crippen molar-refractivity contribution in [2.75, 3.05) is 19.8 Å². The number of carbonyl (C=O) groups is 2. The molecule has 0 fully saturated rings. The summed E-state index contributed by atoms with van der Waals surface area (Å²) < 4.78 is 17.5. The lowest BCUT2D eigenvalue weighted by atomic mass is 10.0. The maximum absolute atomic E-state index is 12.8. The normalized spacial score (nSPS) is 12.2. The van der Waals surface area contributed by atoms with Crippen LogP contribution in [0, 0.1) is 0 Å². The average molecular weight is 902 g/mol. The summed E-state index contributed by atoms with van der Waals surface area (Å²) >= 11 is 0. The van der Waals surface area contributed by atoms with Crippen molar-refractivity contribution in [3.63, 3.8) is 0 Å². The lowest BCUT2D eigenvalue weighted by Gasteiger charge is -2.18. The Morgan fingerprint density at radius 2 is 0.688 bits per heavy atom. The summed E-state index contributed by atoms with van der Waals surface area (Å²) in [7, 11) is 0. The molecule has 0 bridgehead atoms. The maximum Gasteiger partial charge on any atom is 0.306 e. The summed E-state index contributed by atoms with van der Waals surface area (Å²) in [5, 5.41) is 0. The third kappa shape index (κ3) is 53.0. The SMILES string of the molecule is CCC/C=C\C/C=C\CCCCCCCC(=O)OC(COCCCCCCCCCCCCCCCCCC)COC(=O)CCCCCCCCCCCCCCCCCCCCC. The van der Waals surface area contributed by atoms with Gasteiger partial charge in [-0.3, -0.25) is 9.59 Å². The van der Waals surface area contributed by atoms with Gasteiger partial charge < -0.3 is 14.2 Å². The van der Waals surface area contributed by atoms with Gasteiger partial charge in [-0.25, -0.2) is 0 Å². The van der Waals surface area contributed by atoms with E-state index in [0.717, 1.165) is 51.4 Å². The third-order valence-electron chi connectivity index (χ3n) is 13.0. The highest BCUT2D eigenvalue weighted by Gasteiger charge is 2.17. The van der Waals surface area contributed by atoms with E-state index in [1.807, 2.05) is 0 Å². The monoisotopic (exact) mass is 901 g/mol. The van der Waals surface area contributed by atoms with Crippen molar-refractivity contribution in [1.29, 1.82) is 0 Å². The van der Waals surface area contributed by atoms with Crippen molar-refractivity contribution >= 4 is 11.9 Å². The molecule has 64 heavy (non-hydrogen) atoms. The molecule has 0 spiro atoms. The van der Waals surface area contributed by atoms with E-state index >= 15 is 0 Å². The molecule has 0 saturated carbocycles. The van der Waals surface area contributed by atoms with E-state index in [0.29, 0.717) is 26.1 Å². The molecule has 0 aromatic carbocycles. The molecule has 1 unspecified atom stereocenters. The number of rotatable bonds is 54.